The predicted molar refractivity (Wildman–Crippen MR) is 139 cm³/mol. The molecule has 2 atom stereocenters. The van der Waals surface area contributed by atoms with Crippen LogP contribution < -0.4 is 10.6 Å². The minimum Gasteiger partial charge on any atom is -0.508 e. The fourth-order valence-corrected chi connectivity index (χ4v) is 4.21. The van der Waals surface area contributed by atoms with Gasteiger partial charge in [0, 0.05) is 30.8 Å². The Bertz CT molecular complexity index is 1160. The number of hydrogen-bond donors (Lipinski definition) is 5. The molecular formula is C29H36N2O4. The Labute approximate surface area is 207 Å². The van der Waals surface area contributed by atoms with E-state index in [1.165, 1.54) is 40.5 Å². The number of carbonyl (C=O) groups is 1. The van der Waals surface area contributed by atoms with Crippen molar-refractivity contribution < 1.29 is 20.1 Å². The Balaban J connectivity index is 1.50. The number of rotatable bonds is 10. The zero-order valence-corrected chi connectivity index (χ0v) is 20.9. The summed E-state index contributed by atoms with van der Waals surface area (Å²) in [5, 5.41) is 35.9. The molecule has 0 saturated heterocycles. The molecule has 0 aliphatic rings. The summed E-state index contributed by atoms with van der Waals surface area (Å²) in [5.74, 6) is -0.273. The number of amides is 1. The SMILES string of the molecule is Cc1cc(C)c(CCNC(=O)c2cccc(C[C@@H](C)NC[C@H](O)c3cc(O)cc(O)c3)c2)cc1C. The van der Waals surface area contributed by atoms with Crippen molar-refractivity contribution in [2.24, 2.45) is 0 Å². The number of aliphatic hydroxyl groups excluding tert-OH is 1. The van der Waals surface area contributed by atoms with Crippen molar-refractivity contribution in [2.75, 3.05) is 13.1 Å². The molecule has 0 radical (unpaired) electrons. The molecule has 0 saturated carbocycles. The van der Waals surface area contributed by atoms with E-state index in [2.05, 4.69) is 43.5 Å². The monoisotopic (exact) mass is 476 g/mol. The third-order valence-corrected chi connectivity index (χ3v) is 6.33. The zero-order chi connectivity index (χ0) is 25.5. The molecule has 0 aliphatic heterocycles. The average Bonchev–Trinajstić information content (AvgIpc) is 2.80. The number of hydrogen-bond acceptors (Lipinski definition) is 5. The van der Waals surface area contributed by atoms with Crippen LogP contribution in [-0.2, 0) is 12.8 Å². The molecule has 6 nitrogen and oxygen atoms in total. The molecule has 0 spiro atoms. The Morgan fingerprint density at radius 1 is 0.914 bits per heavy atom. The molecular weight excluding hydrogens is 440 g/mol. The van der Waals surface area contributed by atoms with Crippen LogP contribution in [0.25, 0.3) is 0 Å². The van der Waals surface area contributed by atoms with Crippen LogP contribution in [0.2, 0.25) is 0 Å². The molecule has 1 amide bonds. The van der Waals surface area contributed by atoms with Crippen molar-refractivity contribution in [3.05, 3.63) is 93.5 Å². The average molecular weight is 477 g/mol. The van der Waals surface area contributed by atoms with Gasteiger partial charge in [-0.1, -0.05) is 24.3 Å². The van der Waals surface area contributed by atoms with Crippen LogP contribution in [0.15, 0.2) is 54.6 Å². The summed E-state index contributed by atoms with van der Waals surface area (Å²) < 4.78 is 0. The van der Waals surface area contributed by atoms with Crippen LogP contribution in [0.5, 0.6) is 11.5 Å². The van der Waals surface area contributed by atoms with E-state index in [-0.39, 0.29) is 30.0 Å². The van der Waals surface area contributed by atoms with Gasteiger partial charge in [-0.3, -0.25) is 4.79 Å². The standard InChI is InChI=1S/C29H36N2O4/c1-18-10-20(3)23(11-19(18)2)8-9-30-29(35)24-7-5-6-22(13-24)12-21(4)31-17-28(34)25-14-26(32)16-27(33)15-25/h5-7,10-11,13-16,21,28,31-34H,8-9,12,17H2,1-4H3,(H,30,35)/t21-,28+/m1/s1. The Kier molecular flexibility index (Phi) is 8.90. The van der Waals surface area contributed by atoms with Crippen molar-refractivity contribution in [2.45, 2.75) is 52.7 Å². The quantitative estimate of drug-likeness (QED) is 0.301. The van der Waals surface area contributed by atoms with Crippen LogP contribution >= 0.6 is 0 Å². The molecule has 0 heterocycles. The van der Waals surface area contributed by atoms with Gasteiger partial charge in [0.25, 0.3) is 5.91 Å². The number of benzene rings is 3. The summed E-state index contributed by atoms with van der Waals surface area (Å²) in [6, 6.07) is 16.1. The van der Waals surface area contributed by atoms with Gasteiger partial charge < -0.3 is 26.0 Å². The second-order valence-electron chi connectivity index (χ2n) is 9.38. The summed E-state index contributed by atoms with van der Waals surface area (Å²) in [6.45, 7) is 9.17. The summed E-state index contributed by atoms with van der Waals surface area (Å²) in [5.41, 5.74) is 7.14. The van der Waals surface area contributed by atoms with E-state index in [0.29, 0.717) is 24.1 Å². The largest absolute Gasteiger partial charge is 0.508 e. The second kappa shape index (κ2) is 11.9. The van der Waals surface area contributed by atoms with E-state index in [4.69, 9.17) is 0 Å². The number of phenolic OH excluding ortho intramolecular Hbond substituents is 2. The first-order chi connectivity index (χ1) is 16.6. The number of aromatic hydroxyl groups is 2. The van der Waals surface area contributed by atoms with Gasteiger partial charge in [-0.15, -0.1) is 0 Å². The number of carbonyl (C=O) groups excluding carboxylic acids is 1. The predicted octanol–water partition coefficient (Wildman–Crippen LogP) is 4.25. The molecule has 3 rings (SSSR count). The molecule has 0 fully saturated rings. The van der Waals surface area contributed by atoms with Gasteiger partial charge in [-0.05, 0) is 98.2 Å². The summed E-state index contributed by atoms with van der Waals surface area (Å²) in [6.07, 6.45) is 0.605. The number of phenols is 2. The summed E-state index contributed by atoms with van der Waals surface area (Å²) in [7, 11) is 0. The third kappa shape index (κ3) is 7.57. The van der Waals surface area contributed by atoms with E-state index >= 15 is 0 Å². The maximum atomic E-state index is 12.7. The molecule has 35 heavy (non-hydrogen) atoms. The van der Waals surface area contributed by atoms with Crippen LogP contribution in [0.1, 0.15) is 56.8 Å². The Morgan fingerprint density at radius 3 is 2.31 bits per heavy atom. The second-order valence-corrected chi connectivity index (χ2v) is 9.38. The number of nitrogens with one attached hydrogen (secondary N) is 2. The molecule has 186 valence electrons. The van der Waals surface area contributed by atoms with Crippen LogP contribution in [0, 0.1) is 20.8 Å². The lowest BCUT2D eigenvalue weighted by molar-refractivity contribution is 0.0954. The maximum absolute atomic E-state index is 12.7. The van der Waals surface area contributed by atoms with Crippen molar-refractivity contribution in [3.8, 4) is 11.5 Å². The molecule has 3 aromatic carbocycles. The van der Waals surface area contributed by atoms with Gasteiger partial charge in [-0.25, -0.2) is 0 Å². The van der Waals surface area contributed by atoms with E-state index in [1.807, 2.05) is 31.2 Å². The van der Waals surface area contributed by atoms with E-state index in [0.717, 1.165) is 12.0 Å². The fraction of sp³-hybridized carbons (Fsp3) is 0.345. The molecule has 0 aromatic heterocycles. The van der Waals surface area contributed by atoms with E-state index < -0.39 is 6.10 Å². The molecule has 3 aromatic rings. The first kappa shape index (κ1) is 26.3. The minimum absolute atomic E-state index is 0.0432. The normalized spacial score (nSPS) is 12.8. The maximum Gasteiger partial charge on any atom is 0.251 e. The van der Waals surface area contributed by atoms with Gasteiger partial charge in [0.1, 0.15) is 11.5 Å². The van der Waals surface area contributed by atoms with Gasteiger partial charge in [0.15, 0.2) is 0 Å². The highest BCUT2D eigenvalue weighted by Gasteiger charge is 2.13. The lowest BCUT2D eigenvalue weighted by Gasteiger charge is -2.18. The van der Waals surface area contributed by atoms with Crippen LogP contribution in [0.4, 0.5) is 0 Å². The highest BCUT2D eigenvalue weighted by atomic mass is 16.3. The van der Waals surface area contributed by atoms with Crippen LogP contribution in [-0.4, -0.2) is 40.4 Å². The van der Waals surface area contributed by atoms with Crippen LogP contribution in [0.3, 0.4) is 0 Å². The lowest BCUT2D eigenvalue weighted by atomic mass is 9.99. The van der Waals surface area contributed by atoms with Gasteiger partial charge >= 0.3 is 0 Å². The van der Waals surface area contributed by atoms with Gasteiger partial charge in [-0.2, -0.15) is 0 Å². The van der Waals surface area contributed by atoms with Gasteiger partial charge in [0.2, 0.25) is 0 Å². The molecule has 0 aliphatic carbocycles. The number of aliphatic hydroxyl groups is 1. The third-order valence-electron chi connectivity index (χ3n) is 6.33. The van der Waals surface area contributed by atoms with E-state index in [9.17, 15) is 20.1 Å². The topological polar surface area (TPSA) is 102 Å². The van der Waals surface area contributed by atoms with Crippen molar-refractivity contribution in [1.82, 2.24) is 10.6 Å². The number of aryl methyl sites for hydroxylation is 3. The Hall–Kier alpha value is -3.35. The van der Waals surface area contributed by atoms with Crippen molar-refractivity contribution in [1.29, 1.82) is 0 Å². The summed E-state index contributed by atoms with van der Waals surface area (Å²) >= 11 is 0. The smallest absolute Gasteiger partial charge is 0.251 e. The minimum atomic E-state index is -0.867. The van der Waals surface area contributed by atoms with E-state index in [1.54, 1.807) is 0 Å². The van der Waals surface area contributed by atoms with Crippen molar-refractivity contribution in [3.63, 3.8) is 0 Å². The van der Waals surface area contributed by atoms with Gasteiger partial charge in [0.05, 0.1) is 6.10 Å². The highest BCUT2D eigenvalue weighted by molar-refractivity contribution is 5.94. The fourth-order valence-electron chi connectivity index (χ4n) is 4.21. The Morgan fingerprint density at radius 2 is 1.60 bits per heavy atom. The first-order valence-electron chi connectivity index (χ1n) is 12.0. The highest BCUT2D eigenvalue weighted by Crippen LogP contribution is 2.24. The molecule has 0 bridgehead atoms. The lowest BCUT2D eigenvalue weighted by Crippen LogP contribution is -2.32. The molecule has 6 heteroatoms. The first-order valence-corrected chi connectivity index (χ1v) is 12.0. The van der Waals surface area contributed by atoms with Crippen molar-refractivity contribution >= 4 is 5.91 Å². The molecule has 0 unspecified atom stereocenters. The molecule has 5 N–H and O–H groups in total. The summed E-state index contributed by atoms with van der Waals surface area (Å²) in [4.78, 5) is 12.7. The zero-order valence-electron chi connectivity index (χ0n) is 20.9.